The maximum atomic E-state index is 5.72. The Morgan fingerprint density at radius 2 is 1.88 bits per heavy atom. The smallest absolute Gasteiger partial charge is 0.146 e. The highest BCUT2D eigenvalue weighted by Gasteiger charge is 2.05. The van der Waals surface area contributed by atoms with E-state index in [9.17, 15) is 0 Å². The molecule has 3 nitrogen and oxygen atoms in total. The van der Waals surface area contributed by atoms with Crippen LogP contribution >= 0.6 is 0 Å². The van der Waals surface area contributed by atoms with Crippen LogP contribution in [0.25, 0.3) is 0 Å². The second-order valence-corrected chi connectivity index (χ2v) is 4.16. The molecule has 2 rings (SSSR count). The lowest BCUT2D eigenvalue weighted by molar-refractivity contribution is 0.289. The van der Waals surface area contributed by atoms with Gasteiger partial charge in [-0.15, -0.1) is 0 Å². The van der Waals surface area contributed by atoms with Crippen LogP contribution in [-0.4, -0.2) is 9.55 Å². The van der Waals surface area contributed by atoms with Crippen molar-refractivity contribution in [2.24, 2.45) is 0 Å². The number of aromatic nitrogens is 2. The fourth-order valence-electron chi connectivity index (χ4n) is 1.84. The first-order valence-electron chi connectivity index (χ1n) is 5.91. The van der Waals surface area contributed by atoms with Gasteiger partial charge in [0.05, 0.1) is 0 Å². The molecule has 2 aromatic rings. The molecule has 0 aliphatic heterocycles. The van der Waals surface area contributed by atoms with Gasteiger partial charge in [0.25, 0.3) is 0 Å². The predicted molar refractivity (Wildman–Crippen MR) is 68.1 cm³/mol. The van der Waals surface area contributed by atoms with E-state index in [1.807, 2.05) is 30.5 Å². The van der Waals surface area contributed by atoms with Crippen LogP contribution in [0.3, 0.4) is 0 Å². The van der Waals surface area contributed by atoms with Crippen molar-refractivity contribution in [3.05, 3.63) is 47.5 Å². The Kier molecular flexibility index (Phi) is 3.47. The summed E-state index contributed by atoms with van der Waals surface area (Å²) in [5.74, 6) is 1.87. The minimum absolute atomic E-state index is 0.519. The number of imidazole rings is 1. The highest BCUT2D eigenvalue weighted by Crippen LogP contribution is 2.14. The van der Waals surface area contributed by atoms with E-state index in [0.717, 1.165) is 18.1 Å². The summed E-state index contributed by atoms with van der Waals surface area (Å²) >= 11 is 0. The molecule has 0 aliphatic carbocycles. The zero-order chi connectivity index (χ0) is 12.3. The van der Waals surface area contributed by atoms with Gasteiger partial charge in [0.1, 0.15) is 18.2 Å². The van der Waals surface area contributed by atoms with Gasteiger partial charge in [0.2, 0.25) is 0 Å². The van der Waals surface area contributed by atoms with Gasteiger partial charge in [0, 0.05) is 18.4 Å². The van der Waals surface area contributed by atoms with Crippen molar-refractivity contribution in [2.45, 2.75) is 33.9 Å². The van der Waals surface area contributed by atoms with E-state index in [2.05, 4.69) is 30.3 Å². The molecule has 0 radical (unpaired) electrons. The topological polar surface area (TPSA) is 27.1 Å². The molecule has 1 aromatic carbocycles. The SMILES string of the molecule is CCn1c(C)cnc1COc1ccc(C)cc1. The first kappa shape index (κ1) is 11.7. The van der Waals surface area contributed by atoms with Gasteiger partial charge in [-0.1, -0.05) is 17.7 Å². The second kappa shape index (κ2) is 5.04. The number of hydrogen-bond acceptors (Lipinski definition) is 2. The van der Waals surface area contributed by atoms with Crippen LogP contribution in [0.2, 0.25) is 0 Å². The van der Waals surface area contributed by atoms with Gasteiger partial charge in [-0.3, -0.25) is 0 Å². The Morgan fingerprint density at radius 3 is 2.53 bits per heavy atom. The number of rotatable bonds is 4. The molecule has 0 aliphatic rings. The molecule has 0 N–H and O–H groups in total. The van der Waals surface area contributed by atoms with Gasteiger partial charge >= 0.3 is 0 Å². The minimum atomic E-state index is 0.519. The van der Waals surface area contributed by atoms with E-state index < -0.39 is 0 Å². The van der Waals surface area contributed by atoms with Crippen molar-refractivity contribution in [2.75, 3.05) is 0 Å². The molecule has 0 spiro atoms. The van der Waals surface area contributed by atoms with E-state index in [4.69, 9.17) is 4.74 Å². The van der Waals surface area contributed by atoms with Gasteiger partial charge in [-0.2, -0.15) is 0 Å². The molecule has 3 heteroatoms. The zero-order valence-electron chi connectivity index (χ0n) is 10.6. The van der Waals surface area contributed by atoms with E-state index in [-0.39, 0.29) is 0 Å². The third-order valence-electron chi connectivity index (χ3n) is 2.84. The van der Waals surface area contributed by atoms with Gasteiger partial charge in [-0.25, -0.2) is 4.98 Å². The molecule has 1 heterocycles. The van der Waals surface area contributed by atoms with Gasteiger partial charge in [-0.05, 0) is 32.9 Å². The number of hydrogen-bond donors (Lipinski definition) is 0. The molecule has 0 saturated heterocycles. The van der Waals surface area contributed by atoms with Crippen LogP contribution in [0.5, 0.6) is 5.75 Å². The molecule has 1 aromatic heterocycles. The summed E-state index contributed by atoms with van der Waals surface area (Å²) in [6, 6.07) is 8.07. The minimum Gasteiger partial charge on any atom is -0.486 e. The third kappa shape index (κ3) is 2.67. The Balaban J connectivity index is 2.04. The van der Waals surface area contributed by atoms with E-state index in [1.165, 1.54) is 11.3 Å². The van der Waals surface area contributed by atoms with Crippen molar-refractivity contribution in [3.63, 3.8) is 0 Å². The number of ether oxygens (including phenoxy) is 1. The van der Waals surface area contributed by atoms with Crippen molar-refractivity contribution >= 4 is 0 Å². The molecular weight excluding hydrogens is 212 g/mol. The summed E-state index contributed by atoms with van der Waals surface area (Å²) < 4.78 is 7.88. The van der Waals surface area contributed by atoms with E-state index >= 15 is 0 Å². The molecule has 0 atom stereocenters. The molecule has 0 saturated carbocycles. The second-order valence-electron chi connectivity index (χ2n) is 4.16. The molecule has 0 unspecified atom stereocenters. The zero-order valence-corrected chi connectivity index (χ0v) is 10.6. The van der Waals surface area contributed by atoms with Crippen molar-refractivity contribution in [3.8, 4) is 5.75 Å². The normalized spacial score (nSPS) is 10.5. The van der Waals surface area contributed by atoms with Crippen LogP contribution in [0, 0.1) is 13.8 Å². The summed E-state index contributed by atoms with van der Waals surface area (Å²) in [4.78, 5) is 4.36. The van der Waals surface area contributed by atoms with Gasteiger partial charge in [0.15, 0.2) is 0 Å². The summed E-state index contributed by atoms with van der Waals surface area (Å²) in [6.45, 7) is 7.69. The van der Waals surface area contributed by atoms with Crippen LogP contribution in [0.15, 0.2) is 30.5 Å². The lowest BCUT2D eigenvalue weighted by atomic mass is 10.2. The van der Waals surface area contributed by atoms with Crippen molar-refractivity contribution in [1.82, 2.24) is 9.55 Å². The largest absolute Gasteiger partial charge is 0.486 e. The predicted octanol–water partition coefficient (Wildman–Crippen LogP) is 3.10. The Labute approximate surface area is 102 Å². The molecule has 17 heavy (non-hydrogen) atoms. The number of nitrogens with zero attached hydrogens (tertiary/aromatic N) is 2. The van der Waals surface area contributed by atoms with Crippen molar-refractivity contribution in [1.29, 1.82) is 0 Å². The molecule has 90 valence electrons. The standard InChI is InChI=1S/C14H18N2O/c1-4-16-12(3)9-15-14(16)10-17-13-7-5-11(2)6-8-13/h5-9H,4,10H2,1-3H3. The van der Waals surface area contributed by atoms with Crippen LogP contribution in [0.1, 0.15) is 24.0 Å². The Hall–Kier alpha value is -1.77. The van der Waals surface area contributed by atoms with Crippen LogP contribution in [0.4, 0.5) is 0 Å². The monoisotopic (exact) mass is 230 g/mol. The van der Waals surface area contributed by atoms with Crippen molar-refractivity contribution < 1.29 is 4.74 Å². The summed E-state index contributed by atoms with van der Waals surface area (Å²) in [7, 11) is 0. The maximum absolute atomic E-state index is 5.72. The highest BCUT2D eigenvalue weighted by atomic mass is 16.5. The lowest BCUT2D eigenvalue weighted by Gasteiger charge is -2.09. The lowest BCUT2D eigenvalue weighted by Crippen LogP contribution is -2.07. The Morgan fingerprint density at radius 1 is 1.18 bits per heavy atom. The van der Waals surface area contributed by atoms with E-state index in [0.29, 0.717) is 6.61 Å². The van der Waals surface area contributed by atoms with Crippen LogP contribution in [-0.2, 0) is 13.2 Å². The first-order valence-corrected chi connectivity index (χ1v) is 5.91. The fourth-order valence-corrected chi connectivity index (χ4v) is 1.84. The number of aryl methyl sites for hydroxylation is 2. The average Bonchev–Trinajstić information content (AvgIpc) is 2.69. The Bertz CT molecular complexity index is 485. The van der Waals surface area contributed by atoms with E-state index in [1.54, 1.807) is 0 Å². The first-order chi connectivity index (χ1) is 8.20. The van der Waals surface area contributed by atoms with Gasteiger partial charge < -0.3 is 9.30 Å². The molecule has 0 bridgehead atoms. The highest BCUT2D eigenvalue weighted by molar-refractivity contribution is 5.26. The molecular formula is C14H18N2O. The molecule has 0 fully saturated rings. The quantitative estimate of drug-likeness (QED) is 0.807. The third-order valence-corrected chi connectivity index (χ3v) is 2.84. The molecule has 0 amide bonds. The summed E-state index contributed by atoms with van der Waals surface area (Å²) in [6.07, 6.45) is 1.89. The summed E-state index contributed by atoms with van der Waals surface area (Å²) in [5, 5.41) is 0. The average molecular weight is 230 g/mol. The summed E-state index contributed by atoms with van der Waals surface area (Å²) in [5.41, 5.74) is 2.42. The maximum Gasteiger partial charge on any atom is 0.146 e. The number of benzene rings is 1. The van der Waals surface area contributed by atoms with Crippen LogP contribution < -0.4 is 4.74 Å². The fraction of sp³-hybridized carbons (Fsp3) is 0.357.